The third-order valence-electron chi connectivity index (χ3n) is 3.60. The zero-order valence-electron chi connectivity index (χ0n) is 9.80. The molecule has 92 valence electrons. The van der Waals surface area contributed by atoms with Gasteiger partial charge in [-0.2, -0.15) is 0 Å². The Morgan fingerprint density at radius 2 is 2.06 bits per heavy atom. The maximum atomic E-state index is 11.5. The summed E-state index contributed by atoms with van der Waals surface area (Å²) in [6.45, 7) is 0.457. The quantitative estimate of drug-likeness (QED) is 0.838. The van der Waals surface area contributed by atoms with Gasteiger partial charge in [0.1, 0.15) is 0 Å². The van der Waals surface area contributed by atoms with Crippen LogP contribution in [0.2, 0.25) is 0 Å². The zero-order valence-corrected chi connectivity index (χ0v) is 9.80. The predicted octanol–water partition coefficient (Wildman–Crippen LogP) is 0.814. The van der Waals surface area contributed by atoms with Crippen LogP contribution in [0.3, 0.4) is 0 Å². The lowest BCUT2D eigenvalue weighted by Gasteiger charge is -2.11. The van der Waals surface area contributed by atoms with E-state index in [0.717, 1.165) is 31.5 Å². The van der Waals surface area contributed by atoms with Crippen LogP contribution >= 0.6 is 0 Å². The standard InChI is InChI=1S/C11H17N5O/c17-11(8-5-6-8)12-7-10-13-14-15-16(10)9-3-1-2-4-9/h8-9H,1-7H2,(H,12,17). The molecular weight excluding hydrogens is 218 g/mol. The largest absolute Gasteiger partial charge is 0.348 e. The van der Waals surface area contributed by atoms with Gasteiger partial charge in [-0.05, 0) is 36.1 Å². The van der Waals surface area contributed by atoms with Gasteiger partial charge in [-0.3, -0.25) is 4.79 Å². The van der Waals surface area contributed by atoms with Gasteiger partial charge in [0.05, 0.1) is 12.6 Å². The average molecular weight is 235 g/mol. The molecule has 0 spiro atoms. The molecule has 1 heterocycles. The Morgan fingerprint density at radius 3 is 2.76 bits per heavy atom. The van der Waals surface area contributed by atoms with Crippen LogP contribution in [0.1, 0.15) is 50.4 Å². The maximum Gasteiger partial charge on any atom is 0.223 e. The van der Waals surface area contributed by atoms with Crippen molar-refractivity contribution < 1.29 is 4.79 Å². The molecular formula is C11H17N5O. The van der Waals surface area contributed by atoms with E-state index < -0.39 is 0 Å². The van der Waals surface area contributed by atoms with E-state index in [9.17, 15) is 4.79 Å². The van der Waals surface area contributed by atoms with Crippen LogP contribution in [0.25, 0.3) is 0 Å². The highest BCUT2D eigenvalue weighted by molar-refractivity contribution is 5.80. The number of nitrogens with zero attached hydrogens (tertiary/aromatic N) is 4. The lowest BCUT2D eigenvalue weighted by molar-refractivity contribution is -0.122. The molecule has 0 unspecified atom stereocenters. The summed E-state index contributed by atoms with van der Waals surface area (Å²) in [6, 6.07) is 0.429. The summed E-state index contributed by atoms with van der Waals surface area (Å²) >= 11 is 0. The van der Waals surface area contributed by atoms with E-state index in [0.29, 0.717) is 12.6 Å². The highest BCUT2D eigenvalue weighted by atomic mass is 16.2. The van der Waals surface area contributed by atoms with E-state index in [4.69, 9.17) is 0 Å². The summed E-state index contributed by atoms with van der Waals surface area (Å²) in [7, 11) is 0. The van der Waals surface area contributed by atoms with Gasteiger partial charge < -0.3 is 5.32 Å². The van der Waals surface area contributed by atoms with E-state index in [1.54, 1.807) is 0 Å². The number of hydrogen-bond donors (Lipinski definition) is 1. The normalized spacial score (nSPS) is 20.7. The van der Waals surface area contributed by atoms with Gasteiger partial charge in [-0.1, -0.05) is 12.8 Å². The molecule has 0 saturated heterocycles. The SMILES string of the molecule is O=C(NCc1nnnn1C1CCCC1)C1CC1. The first kappa shape index (κ1) is 10.7. The molecule has 0 bridgehead atoms. The van der Waals surface area contributed by atoms with Gasteiger partial charge in [0.15, 0.2) is 5.82 Å². The molecule has 0 aliphatic heterocycles. The molecule has 17 heavy (non-hydrogen) atoms. The molecule has 2 aliphatic carbocycles. The Kier molecular flexibility index (Phi) is 2.78. The van der Waals surface area contributed by atoms with E-state index >= 15 is 0 Å². The first-order chi connectivity index (χ1) is 8.34. The van der Waals surface area contributed by atoms with Crippen molar-refractivity contribution in [2.24, 2.45) is 5.92 Å². The first-order valence-electron chi connectivity index (χ1n) is 6.39. The molecule has 0 radical (unpaired) electrons. The smallest absolute Gasteiger partial charge is 0.223 e. The van der Waals surface area contributed by atoms with Crippen molar-refractivity contribution in [3.8, 4) is 0 Å². The molecule has 0 aromatic carbocycles. The van der Waals surface area contributed by atoms with Crippen molar-refractivity contribution in [3.05, 3.63) is 5.82 Å². The van der Waals surface area contributed by atoms with Crippen LogP contribution in [0, 0.1) is 5.92 Å². The van der Waals surface area contributed by atoms with Crippen molar-refractivity contribution in [2.75, 3.05) is 0 Å². The minimum absolute atomic E-state index is 0.144. The van der Waals surface area contributed by atoms with E-state index in [1.807, 2.05) is 4.68 Å². The van der Waals surface area contributed by atoms with Crippen molar-refractivity contribution in [3.63, 3.8) is 0 Å². The fourth-order valence-electron chi connectivity index (χ4n) is 2.42. The minimum atomic E-state index is 0.144. The summed E-state index contributed by atoms with van der Waals surface area (Å²) in [5.74, 6) is 1.17. The number of aromatic nitrogens is 4. The Bertz CT molecular complexity index is 406. The number of tetrazole rings is 1. The maximum absolute atomic E-state index is 11.5. The van der Waals surface area contributed by atoms with E-state index in [-0.39, 0.29) is 11.8 Å². The molecule has 0 atom stereocenters. The number of carbonyl (C=O) groups is 1. The second-order valence-electron chi connectivity index (χ2n) is 4.97. The Balaban J connectivity index is 1.61. The van der Waals surface area contributed by atoms with Crippen LogP contribution in [-0.2, 0) is 11.3 Å². The van der Waals surface area contributed by atoms with Crippen molar-refractivity contribution in [1.29, 1.82) is 0 Å². The van der Waals surface area contributed by atoms with Crippen molar-refractivity contribution in [1.82, 2.24) is 25.5 Å². The molecule has 1 aromatic rings. The van der Waals surface area contributed by atoms with Crippen LogP contribution in [-0.4, -0.2) is 26.1 Å². The molecule has 1 amide bonds. The molecule has 1 N–H and O–H groups in total. The second kappa shape index (κ2) is 4.43. The van der Waals surface area contributed by atoms with Gasteiger partial charge in [0.2, 0.25) is 5.91 Å². The predicted molar refractivity (Wildman–Crippen MR) is 59.9 cm³/mol. The number of carbonyl (C=O) groups excluding carboxylic acids is 1. The van der Waals surface area contributed by atoms with Gasteiger partial charge in [-0.25, -0.2) is 4.68 Å². The lowest BCUT2D eigenvalue weighted by atomic mass is 10.2. The molecule has 6 heteroatoms. The number of rotatable bonds is 4. The summed E-state index contributed by atoms with van der Waals surface area (Å²) < 4.78 is 1.89. The Hall–Kier alpha value is -1.46. The van der Waals surface area contributed by atoms with E-state index in [2.05, 4.69) is 20.8 Å². The van der Waals surface area contributed by atoms with Crippen LogP contribution in [0.5, 0.6) is 0 Å². The zero-order chi connectivity index (χ0) is 11.7. The minimum Gasteiger partial charge on any atom is -0.348 e. The molecule has 1 aromatic heterocycles. The van der Waals surface area contributed by atoms with Crippen LogP contribution < -0.4 is 5.32 Å². The average Bonchev–Trinajstić information content (AvgIpc) is 2.88. The van der Waals surface area contributed by atoms with Crippen LogP contribution in [0.4, 0.5) is 0 Å². The fourth-order valence-corrected chi connectivity index (χ4v) is 2.42. The molecule has 3 rings (SSSR count). The summed E-state index contributed by atoms with van der Waals surface area (Å²) in [5, 5.41) is 14.7. The Morgan fingerprint density at radius 1 is 1.29 bits per heavy atom. The topological polar surface area (TPSA) is 72.7 Å². The van der Waals surface area contributed by atoms with Gasteiger partial charge >= 0.3 is 0 Å². The molecule has 6 nitrogen and oxygen atoms in total. The first-order valence-corrected chi connectivity index (χ1v) is 6.39. The van der Waals surface area contributed by atoms with Gasteiger partial charge in [-0.15, -0.1) is 5.10 Å². The lowest BCUT2D eigenvalue weighted by Crippen LogP contribution is -2.26. The van der Waals surface area contributed by atoms with Crippen LogP contribution in [0.15, 0.2) is 0 Å². The number of amides is 1. The third-order valence-corrected chi connectivity index (χ3v) is 3.60. The summed E-state index contributed by atoms with van der Waals surface area (Å²) in [6.07, 6.45) is 6.85. The monoisotopic (exact) mass is 235 g/mol. The number of nitrogens with one attached hydrogen (secondary N) is 1. The number of hydrogen-bond acceptors (Lipinski definition) is 4. The molecule has 2 aliphatic rings. The highest BCUT2D eigenvalue weighted by Gasteiger charge is 2.30. The third kappa shape index (κ3) is 2.30. The second-order valence-corrected chi connectivity index (χ2v) is 4.97. The van der Waals surface area contributed by atoms with Crippen molar-refractivity contribution >= 4 is 5.91 Å². The van der Waals surface area contributed by atoms with Crippen molar-refractivity contribution in [2.45, 2.75) is 51.1 Å². The van der Waals surface area contributed by atoms with E-state index in [1.165, 1.54) is 12.8 Å². The van der Waals surface area contributed by atoms with Gasteiger partial charge in [0.25, 0.3) is 0 Å². The highest BCUT2D eigenvalue weighted by Crippen LogP contribution is 2.30. The van der Waals surface area contributed by atoms with Gasteiger partial charge in [0, 0.05) is 5.92 Å². The summed E-state index contributed by atoms with van der Waals surface area (Å²) in [5.41, 5.74) is 0. The fraction of sp³-hybridized carbons (Fsp3) is 0.818. The molecule has 2 saturated carbocycles. The summed E-state index contributed by atoms with van der Waals surface area (Å²) in [4.78, 5) is 11.5. The Labute approximate surface area is 99.8 Å². The molecule has 2 fully saturated rings.